The fraction of sp³-hybridized carbons (Fsp3) is 0.500. The van der Waals surface area contributed by atoms with Crippen molar-refractivity contribution in [1.82, 2.24) is 10.6 Å². The van der Waals surface area contributed by atoms with Crippen molar-refractivity contribution in [3.05, 3.63) is 29.8 Å². The highest BCUT2D eigenvalue weighted by Crippen LogP contribution is 2.17. The van der Waals surface area contributed by atoms with Crippen molar-refractivity contribution in [2.24, 2.45) is 0 Å². The molecule has 1 saturated carbocycles. The summed E-state index contributed by atoms with van der Waals surface area (Å²) in [7, 11) is 1.60. The monoisotopic (exact) mass is 290 g/mol. The standard InChI is InChI=1S/C16H22N2O3/c1-21-14-9-7-12(8-10-14)11-17-15(19)16(20)18-13-5-3-2-4-6-13/h7-10,13H,2-6,11H2,1H3,(H,17,19)(H,18,20). The molecule has 0 aliphatic heterocycles. The second-order valence-corrected chi connectivity index (χ2v) is 5.34. The Balaban J connectivity index is 1.76. The highest BCUT2D eigenvalue weighted by Gasteiger charge is 2.19. The van der Waals surface area contributed by atoms with Crippen molar-refractivity contribution in [3.8, 4) is 5.75 Å². The zero-order valence-electron chi connectivity index (χ0n) is 12.4. The molecule has 2 rings (SSSR count). The van der Waals surface area contributed by atoms with Gasteiger partial charge in [0.2, 0.25) is 0 Å². The first-order valence-electron chi connectivity index (χ1n) is 7.40. The SMILES string of the molecule is COc1ccc(CNC(=O)C(=O)NC2CCCCC2)cc1. The number of nitrogens with one attached hydrogen (secondary N) is 2. The zero-order valence-corrected chi connectivity index (χ0v) is 12.4. The van der Waals surface area contributed by atoms with Gasteiger partial charge in [-0.25, -0.2) is 0 Å². The van der Waals surface area contributed by atoms with Gasteiger partial charge in [-0.2, -0.15) is 0 Å². The summed E-state index contributed by atoms with van der Waals surface area (Å²) < 4.78 is 5.07. The lowest BCUT2D eigenvalue weighted by molar-refractivity contribution is -0.139. The number of amides is 2. The molecule has 1 aliphatic carbocycles. The van der Waals surface area contributed by atoms with E-state index in [-0.39, 0.29) is 6.04 Å². The summed E-state index contributed by atoms with van der Waals surface area (Å²) in [6, 6.07) is 7.52. The first-order valence-corrected chi connectivity index (χ1v) is 7.40. The van der Waals surface area contributed by atoms with E-state index in [4.69, 9.17) is 4.74 Å². The molecule has 2 N–H and O–H groups in total. The molecule has 0 spiro atoms. The van der Waals surface area contributed by atoms with E-state index in [1.54, 1.807) is 7.11 Å². The van der Waals surface area contributed by atoms with Gasteiger partial charge in [0.15, 0.2) is 0 Å². The van der Waals surface area contributed by atoms with Crippen LogP contribution in [0, 0.1) is 0 Å². The van der Waals surface area contributed by atoms with Crippen LogP contribution in [0.4, 0.5) is 0 Å². The minimum Gasteiger partial charge on any atom is -0.497 e. The number of ether oxygens (including phenoxy) is 1. The van der Waals surface area contributed by atoms with E-state index in [0.717, 1.165) is 37.0 Å². The average molecular weight is 290 g/mol. The van der Waals surface area contributed by atoms with E-state index >= 15 is 0 Å². The number of carbonyl (C=O) groups excluding carboxylic acids is 2. The summed E-state index contributed by atoms with van der Waals surface area (Å²) >= 11 is 0. The van der Waals surface area contributed by atoms with Gasteiger partial charge in [-0.1, -0.05) is 31.4 Å². The quantitative estimate of drug-likeness (QED) is 0.830. The number of methoxy groups -OCH3 is 1. The van der Waals surface area contributed by atoms with Crippen molar-refractivity contribution in [3.63, 3.8) is 0 Å². The maximum Gasteiger partial charge on any atom is 0.309 e. The molecule has 0 atom stereocenters. The Bertz CT molecular complexity index is 479. The highest BCUT2D eigenvalue weighted by atomic mass is 16.5. The fourth-order valence-electron chi connectivity index (χ4n) is 2.50. The van der Waals surface area contributed by atoms with Crippen molar-refractivity contribution in [2.75, 3.05) is 7.11 Å². The van der Waals surface area contributed by atoms with Crippen LogP contribution in [0.15, 0.2) is 24.3 Å². The smallest absolute Gasteiger partial charge is 0.309 e. The molecule has 5 nitrogen and oxygen atoms in total. The zero-order chi connectivity index (χ0) is 15.1. The van der Waals surface area contributed by atoms with Crippen LogP contribution >= 0.6 is 0 Å². The second-order valence-electron chi connectivity index (χ2n) is 5.34. The summed E-state index contributed by atoms with van der Waals surface area (Å²) in [6.45, 7) is 0.334. The molecular weight excluding hydrogens is 268 g/mol. The topological polar surface area (TPSA) is 67.4 Å². The molecule has 2 amide bonds. The van der Waals surface area contributed by atoms with E-state index in [0.29, 0.717) is 6.54 Å². The minimum atomic E-state index is -0.573. The molecule has 1 aliphatic rings. The second kappa shape index (κ2) is 7.67. The first-order chi connectivity index (χ1) is 10.2. The summed E-state index contributed by atoms with van der Waals surface area (Å²) in [5.41, 5.74) is 0.926. The predicted octanol–water partition coefficient (Wildman–Crippen LogP) is 1.76. The maximum absolute atomic E-state index is 11.8. The summed E-state index contributed by atoms with van der Waals surface area (Å²) in [5, 5.41) is 5.44. The number of rotatable bonds is 4. The first kappa shape index (κ1) is 15.4. The van der Waals surface area contributed by atoms with Gasteiger partial charge in [0, 0.05) is 12.6 Å². The molecule has 0 unspecified atom stereocenters. The molecule has 5 heteroatoms. The highest BCUT2D eigenvalue weighted by molar-refractivity contribution is 6.35. The molecular formula is C16H22N2O3. The number of carbonyl (C=O) groups is 2. The predicted molar refractivity (Wildman–Crippen MR) is 79.9 cm³/mol. The van der Waals surface area contributed by atoms with E-state index < -0.39 is 11.8 Å². The normalized spacial score (nSPS) is 15.3. The van der Waals surface area contributed by atoms with E-state index in [1.807, 2.05) is 24.3 Å². The van der Waals surface area contributed by atoms with Crippen molar-refractivity contribution in [1.29, 1.82) is 0 Å². The van der Waals surface area contributed by atoms with Crippen LogP contribution < -0.4 is 15.4 Å². The van der Waals surface area contributed by atoms with Gasteiger partial charge in [-0.3, -0.25) is 9.59 Å². The molecule has 0 bridgehead atoms. The Morgan fingerprint density at radius 3 is 2.38 bits per heavy atom. The molecule has 21 heavy (non-hydrogen) atoms. The largest absolute Gasteiger partial charge is 0.497 e. The molecule has 0 radical (unpaired) electrons. The molecule has 0 heterocycles. The molecule has 0 aromatic heterocycles. The Kier molecular flexibility index (Phi) is 5.60. The Morgan fingerprint density at radius 2 is 1.76 bits per heavy atom. The van der Waals surface area contributed by atoms with E-state index in [1.165, 1.54) is 6.42 Å². The van der Waals surface area contributed by atoms with Crippen LogP contribution in [0.2, 0.25) is 0 Å². The lowest BCUT2D eigenvalue weighted by atomic mass is 9.95. The van der Waals surface area contributed by atoms with Gasteiger partial charge in [0.1, 0.15) is 5.75 Å². The summed E-state index contributed by atoms with van der Waals surface area (Å²) in [5.74, 6) is -0.341. The number of benzene rings is 1. The van der Waals surface area contributed by atoms with Crippen LogP contribution in [0.1, 0.15) is 37.7 Å². The van der Waals surface area contributed by atoms with Crippen LogP contribution in [-0.2, 0) is 16.1 Å². The van der Waals surface area contributed by atoms with Gasteiger partial charge >= 0.3 is 11.8 Å². The minimum absolute atomic E-state index is 0.151. The average Bonchev–Trinajstić information content (AvgIpc) is 2.54. The lowest BCUT2D eigenvalue weighted by Crippen LogP contribution is -2.45. The van der Waals surface area contributed by atoms with Crippen molar-refractivity contribution < 1.29 is 14.3 Å². The summed E-state index contributed by atoms with van der Waals surface area (Å²) in [6.07, 6.45) is 5.40. The Hall–Kier alpha value is -2.04. The Labute approximate surface area is 125 Å². The van der Waals surface area contributed by atoms with Crippen molar-refractivity contribution >= 4 is 11.8 Å². The number of hydrogen-bond acceptors (Lipinski definition) is 3. The third-order valence-electron chi connectivity index (χ3n) is 3.76. The van der Waals surface area contributed by atoms with E-state index in [2.05, 4.69) is 10.6 Å². The van der Waals surface area contributed by atoms with Gasteiger partial charge in [-0.05, 0) is 30.5 Å². The van der Waals surface area contributed by atoms with Gasteiger partial charge < -0.3 is 15.4 Å². The van der Waals surface area contributed by atoms with Gasteiger partial charge in [0.05, 0.1) is 7.11 Å². The molecule has 1 aromatic carbocycles. The van der Waals surface area contributed by atoms with Crippen LogP contribution in [0.3, 0.4) is 0 Å². The van der Waals surface area contributed by atoms with Gasteiger partial charge in [0.25, 0.3) is 0 Å². The molecule has 0 saturated heterocycles. The molecule has 1 fully saturated rings. The third kappa shape index (κ3) is 4.77. The molecule has 114 valence electrons. The van der Waals surface area contributed by atoms with Crippen LogP contribution in [0.5, 0.6) is 5.75 Å². The number of hydrogen-bond donors (Lipinski definition) is 2. The van der Waals surface area contributed by atoms with Gasteiger partial charge in [-0.15, -0.1) is 0 Å². The van der Waals surface area contributed by atoms with Crippen LogP contribution in [0.25, 0.3) is 0 Å². The lowest BCUT2D eigenvalue weighted by Gasteiger charge is -2.22. The van der Waals surface area contributed by atoms with Crippen LogP contribution in [-0.4, -0.2) is 25.0 Å². The summed E-state index contributed by atoms with van der Waals surface area (Å²) in [4.78, 5) is 23.6. The Morgan fingerprint density at radius 1 is 1.10 bits per heavy atom. The molecule has 1 aromatic rings. The third-order valence-corrected chi connectivity index (χ3v) is 3.76. The van der Waals surface area contributed by atoms with E-state index in [9.17, 15) is 9.59 Å². The van der Waals surface area contributed by atoms with Crippen molar-refractivity contribution in [2.45, 2.75) is 44.7 Å². The maximum atomic E-state index is 11.8. The fourth-order valence-corrected chi connectivity index (χ4v) is 2.50.